The SMILES string of the molecule is COCC(C)(C)c1c([C@H]2CC[C@](F)(C(=O)O)CC2)c2nc3[nH]ncc3cc2n1-c1ccc(F)c(C)c1. The van der Waals surface area contributed by atoms with E-state index in [1.165, 1.54) is 6.07 Å². The van der Waals surface area contributed by atoms with Crippen LogP contribution in [0.5, 0.6) is 0 Å². The standard InChI is InChI=1S/C27H30F2N4O3/c1-15-11-18(5-6-19(15)28)33-20-12-17-13-30-32-24(17)31-22(20)21(23(33)26(2,3)14-36-4)16-7-9-27(29,10-8-16)25(34)35/h5-6,11-13,16H,7-10,14H2,1-4H3,(H,34,35)(H,30,31,32)/t16-,27+. The highest BCUT2D eigenvalue weighted by Crippen LogP contribution is 2.48. The van der Waals surface area contributed by atoms with Gasteiger partial charge in [-0.2, -0.15) is 5.10 Å². The molecule has 0 saturated heterocycles. The van der Waals surface area contributed by atoms with Crippen molar-refractivity contribution in [1.82, 2.24) is 19.7 Å². The highest BCUT2D eigenvalue weighted by atomic mass is 19.1. The number of carboxylic acid groups (broad SMARTS) is 1. The Morgan fingerprint density at radius 3 is 2.67 bits per heavy atom. The van der Waals surface area contributed by atoms with Crippen LogP contribution >= 0.6 is 0 Å². The summed E-state index contributed by atoms with van der Waals surface area (Å²) in [6.45, 7) is 6.29. The predicted molar refractivity (Wildman–Crippen MR) is 133 cm³/mol. The topological polar surface area (TPSA) is 93.0 Å². The van der Waals surface area contributed by atoms with Crippen LogP contribution in [0.2, 0.25) is 0 Å². The summed E-state index contributed by atoms with van der Waals surface area (Å²) in [6.07, 6.45) is 2.34. The molecule has 36 heavy (non-hydrogen) atoms. The minimum atomic E-state index is -2.21. The first kappa shape index (κ1) is 24.4. The second-order valence-electron chi connectivity index (χ2n) is 10.6. The maximum atomic E-state index is 15.0. The van der Waals surface area contributed by atoms with E-state index in [2.05, 4.69) is 28.6 Å². The highest BCUT2D eigenvalue weighted by molar-refractivity contribution is 5.94. The van der Waals surface area contributed by atoms with Gasteiger partial charge in [-0.05, 0) is 68.4 Å². The monoisotopic (exact) mass is 496 g/mol. The van der Waals surface area contributed by atoms with E-state index in [0.29, 0.717) is 30.7 Å². The first-order valence-corrected chi connectivity index (χ1v) is 12.1. The van der Waals surface area contributed by atoms with Crippen molar-refractivity contribution in [1.29, 1.82) is 0 Å². The van der Waals surface area contributed by atoms with Gasteiger partial charge in [-0.1, -0.05) is 13.8 Å². The molecular weight excluding hydrogens is 466 g/mol. The molecule has 2 N–H and O–H groups in total. The van der Waals surface area contributed by atoms with Gasteiger partial charge in [-0.25, -0.2) is 18.6 Å². The Morgan fingerprint density at radius 2 is 2.03 bits per heavy atom. The summed E-state index contributed by atoms with van der Waals surface area (Å²) in [5, 5.41) is 17.3. The summed E-state index contributed by atoms with van der Waals surface area (Å²) in [5.74, 6) is -1.79. The number of hydrogen-bond donors (Lipinski definition) is 2. The molecule has 0 aliphatic heterocycles. The third-order valence-electron chi connectivity index (χ3n) is 7.50. The van der Waals surface area contributed by atoms with Gasteiger partial charge >= 0.3 is 5.97 Å². The minimum Gasteiger partial charge on any atom is -0.479 e. The predicted octanol–water partition coefficient (Wildman–Crippen LogP) is 5.72. The van der Waals surface area contributed by atoms with Gasteiger partial charge < -0.3 is 14.4 Å². The van der Waals surface area contributed by atoms with Crippen LogP contribution in [-0.4, -0.2) is 50.2 Å². The summed E-state index contributed by atoms with van der Waals surface area (Å²) >= 11 is 0. The van der Waals surface area contributed by atoms with E-state index in [1.54, 1.807) is 26.3 Å². The number of aromatic amines is 1. The van der Waals surface area contributed by atoms with Crippen molar-refractivity contribution < 1.29 is 23.4 Å². The second-order valence-corrected chi connectivity index (χ2v) is 10.6. The fourth-order valence-electron chi connectivity index (χ4n) is 5.69. The second kappa shape index (κ2) is 8.65. The number of alkyl halides is 1. The van der Waals surface area contributed by atoms with Gasteiger partial charge in [0.15, 0.2) is 5.65 Å². The Kier molecular flexibility index (Phi) is 5.86. The molecule has 1 aliphatic carbocycles. The number of nitrogens with one attached hydrogen (secondary N) is 1. The van der Waals surface area contributed by atoms with Crippen molar-refractivity contribution in [3.63, 3.8) is 0 Å². The molecule has 1 aromatic carbocycles. The molecule has 5 rings (SSSR count). The Bertz CT molecular complexity index is 1460. The summed E-state index contributed by atoms with van der Waals surface area (Å²) in [4.78, 5) is 16.5. The lowest BCUT2D eigenvalue weighted by atomic mass is 9.74. The Labute approximate surface area is 207 Å². The lowest BCUT2D eigenvalue weighted by molar-refractivity contribution is -0.153. The Balaban J connectivity index is 1.82. The smallest absolute Gasteiger partial charge is 0.341 e. The molecule has 0 amide bonds. The van der Waals surface area contributed by atoms with Crippen molar-refractivity contribution in [2.24, 2.45) is 0 Å². The van der Waals surface area contributed by atoms with Crippen LogP contribution < -0.4 is 0 Å². The van der Waals surface area contributed by atoms with Gasteiger partial charge in [0.2, 0.25) is 5.67 Å². The summed E-state index contributed by atoms with van der Waals surface area (Å²) in [7, 11) is 1.65. The molecule has 3 aromatic heterocycles. The summed E-state index contributed by atoms with van der Waals surface area (Å²) < 4.78 is 36.9. The Hall–Kier alpha value is -3.33. The molecule has 7 nitrogen and oxygen atoms in total. The van der Waals surface area contributed by atoms with Crippen LogP contribution in [0.4, 0.5) is 8.78 Å². The van der Waals surface area contributed by atoms with E-state index >= 15 is 0 Å². The fraction of sp³-hybridized carbons (Fsp3) is 0.444. The average Bonchev–Trinajstić information content (AvgIpc) is 3.42. The molecule has 1 fully saturated rings. The third kappa shape index (κ3) is 3.86. The van der Waals surface area contributed by atoms with Crippen molar-refractivity contribution in [2.45, 2.75) is 63.5 Å². The summed E-state index contributed by atoms with van der Waals surface area (Å²) in [5.41, 5.74) is 2.72. The van der Waals surface area contributed by atoms with E-state index in [0.717, 1.165) is 33.4 Å². The van der Waals surface area contributed by atoms with Gasteiger partial charge in [0.25, 0.3) is 0 Å². The van der Waals surface area contributed by atoms with E-state index < -0.39 is 17.1 Å². The number of rotatable bonds is 6. The van der Waals surface area contributed by atoms with Gasteiger partial charge in [0.1, 0.15) is 5.82 Å². The van der Waals surface area contributed by atoms with Crippen LogP contribution in [0.25, 0.3) is 27.8 Å². The molecule has 190 valence electrons. The van der Waals surface area contributed by atoms with Gasteiger partial charge in [0, 0.05) is 34.9 Å². The minimum absolute atomic E-state index is 0.0637. The van der Waals surface area contributed by atoms with Crippen LogP contribution in [0, 0.1) is 12.7 Å². The zero-order valence-corrected chi connectivity index (χ0v) is 20.9. The first-order valence-electron chi connectivity index (χ1n) is 12.1. The van der Waals surface area contributed by atoms with Crippen LogP contribution in [0.3, 0.4) is 0 Å². The lowest BCUT2D eigenvalue weighted by Crippen LogP contribution is -2.38. The fourth-order valence-corrected chi connectivity index (χ4v) is 5.69. The van der Waals surface area contributed by atoms with Crippen molar-refractivity contribution in [2.75, 3.05) is 13.7 Å². The lowest BCUT2D eigenvalue weighted by Gasteiger charge is -2.34. The van der Waals surface area contributed by atoms with E-state index in [1.807, 2.05) is 12.1 Å². The number of methoxy groups -OCH3 is 1. The molecule has 3 heterocycles. The normalized spacial score (nSPS) is 20.9. The quantitative estimate of drug-likeness (QED) is 0.356. The van der Waals surface area contributed by atoms with Gasteiger partial charge in [-0.3, -0.25) is 5.10 Å². The molecule has 1 saturated carbocycles. The maximum Gasteiger partial charge on any atom is 0.341 e. The maximum absolute atomic E-state index is 15.0. The number of aryl methyl sites for hydroxylation is 1. The van der Waals surface area contributed by atoms with E-state index in [4.69, 9.17) is 9.72 Å². The number of carbonyl (C=O) groups is 1. The number of nitrogens with zero attached hydrogens (tertiary/aromatic N) is 3. The van der Waals surface area contributed by atoms with Crippen molar-refractivity contribution >= 4 is 28.0 Å². The number of carboxylic acids is 1. The van der Waals surface area contributed by atoms with Crippen LogP contribution in [0.15, 0.2) is 30.5 Å². The number of H-pyrrole nitrogens is 1. The van der Waals surface area contributed by atoms with Gasteiger partial charge in [0.05, 0.1) is 23.8 Å². The number of fused-ring (bicyclic) bond motifs is 2. The number of pyridine rings is 1. The molecule has 9 heteroatoms. The highest BCUT2D eigenvalue weighted by Gasteiger charge is 2.45. The van der Waals surface area contributed by atoms with E-state index in [9.17, 15) is 18.7 Å². The molecule has 0 atom stereocenters. The number of ether oxygens (including phenoxy) is 1. The van der Waals surface area contributed by atoms with Crippen LogP contribution in [0.1, 0.15) is 62.3 Å². The molecule has 0 bridgehead atoms. The molecular formula is C27H30F2N4O3. The number of aliphatic carboxylic acids is 1. The van der Waals surface area contributed by atoms with Crippen molar-refractivity contribution in [3.8, 4) is 5.69 Å². The summed E-state index contributed by atoms with van der Waals surface area (Å²) in [6, 6.07) is 7.02. The molecule has 4 aromatic rings. The zero-order valence-electron chi connectivity index (χ0n) is 20.9. The molecule has 1 aliphatic rings. The number of hydrogen-bond acceptors (Lipinski definition) is 4. The number of halogens is 2. The van der Waals surface area contributed by atoms with Crippen LogP contribution in [-0.2, 0) is 14.9 Å². The largest absolute Gasteiger partial charge is 0.479 e. The van der Waals surface area contributed by atoms with E-state index in [-0.39, 0.29) is 24.6 Å². The Morgan fingerprint density at radius 1 is 1.31 bits per heavy atom. The molecule has 0 radical (unpaired) electrons. The zero-order chi connectivity index (χ0) is 25.8. The van der Waals surface area contributed by atoms with Gasteiger partial charge in [-0.15, -0.1) is 0 Å². The third-order valence-corrected chi connectivity index (χ3v) is 7.50. The number of benzene rings is 1. The first-order chi connectivity index (χ1) is 17.1. The molecule has 0 spiro atoms. The molecule has 0 unspecified atom stereocenters. The number of aromatic nitrogens is 4. The van der Waals surface area contributed by atoms with Crippen molar-refractivity contribution in [3.05, 3.63) is 53.1 Å². The average molecular weight is 497 g/mol.